The van der Waals surface area contributed by atoms with Crippen molar-refractivity contribution in [3.05, 3.63) is 0 Å². The van der Waals surface area contributed by atoms with Gasteiger partial charge in [-0.25, -0.2) is 4.79 Å². The molecule has 0 heterocycles. The first-order chi connectivity index (χ1) is 7.87. The van der Waals surface area contributed by atoms with Crippen LogP contribution in [0.15, 0.2) is 0 Å². The Labute approximate surface area is 100 Å². The molecule has 100 valence electrons. The first kappa shape index (κ1) is 14.4. The van der Waals surface area contributed by atoms with Gasteiger partial charge < -0.3 is 9.84 Å². The molecular weight excluding hydrogens is 230 g/mol. The maximum Gasteiger partial charge on any atom is 0.380 e. The summed E-state index contributed by atoms with van der Waals surface area (Å²) in [6.45, 7) is 3.26. The number of esters is 1. The highest BCUT2D eigenvalue weighted by Crippen LogP contribution is 2.44. The maximum absolute atomic E-state index is 13.9. The van der Waals surface area contributed by atoms with Crippen molar-refractivity contribution >= 4 is 5.97 Å². The fraction of sp³-hybridized carbons (Fsp3) is 0.917. The standard InChI is InChI=1S/C12H20F2O3/c1-3-9-6-5-7-11(16,8-9)12(13,14)10(15)17-4-2/h9,16H,3-8H2,1-2H3. The summed E-state index contributed by atoms with van der Waals surface area (Å²) < 4.78 is 32.1. The van der Waals surface area contributed by atoms with Crippen molar-refractivity contribution in [2.24, 2.45) is 5.92 Å². The summed E-state index contributed by atoms with van der Waals surface area (Å²) in [6, 6.07) is 0. The molecule has 0 aromatic carbocycles. The highest BCUT2D eigenvalue weighted by Gasteiger charge is 2.60. The largest absolute Gasteiger partial charge is 0.461 e. The van der Waals surface area contributed by atoms with Crippen molar-refractivity contribution in [2.45, 2.75) is 57.5 Å². The lowest BCUT2D eigenvalue weighted by Crippen LogP contribution is -2.56. The van der Waals surface area contributed by atoms with Crippen LogP contribution in [-0.4, -0.2) is 29.2 Å². The molecule has 0 aromatic heterocycles. The zero-order valence-electron chi connectivity index (χ0n) is 10.3. The van der Waals surface area contributed by atoms with Crippen molar-refractivity contribution in [3.63, 3.8) is 0 Å². The predicted octanol–water partition coefficient (Wildman–Crippen LogP) is 2.52. The van der Waals surface area contributed by atoms with Gasteiger partial charge in [-0.3, -0.25) is 0 Å². The van der Waals surface area contributed by atoms with Gasteiger partial charge in [-0.15, -0.1) is 0 Å². The van der Waals surface area contributed by atoms with E-state index in [4.69, 9.17) is 0 Å². The molecule has 1 N–H and O–H groups in total. The van der Waals surface area contributed by atoms with Gasteiger partial charge in [0.15, 0.2) is 0 Å². The number of halogens is 2. The van der Waals surface area contributed by atoms with E-state index in [0.717, 1.165) is 12.8 Å². The molecule has 0 bridgehead atoms. The van der Waals surface area contributed by atoms with Crippen LogP contribution >= 0.6 is 0 Å². The molecule has 1 rings (SSSR count). The smallest absolute Gasteiger partial charge is 0.380 e. The summed E-state index contributed by atoms with van der Waals surface area (Å²) in [5.74, 6) is -5.37. The van der Waals surface area contributed by atoms with Crippen LogP contribution in [0.25, 0.3) is 0 Å². The molecule has 3 nitrogen and oxygen atoms in total. The summed E-state index contributed by atoms with van der Waals surface area (Å²) in [5.41, 5.74) is -2.24. The van der Waals surface area contributed by atoms with E-state index in [1.165, 1.54) is 6.92 Å². The zero-order valence-corrected chi connectivity index (χ0v) is 10.3. The van der Waals surface area contributed by atoms with E-state index in [1.54, 1.807) is 0 Å². The Morgan fingerprint density at radius 3 is 2.71 bits per heavy atom. The van der Waals surface area contributed by atoms with E-state index in [0.29, 0.717) is 6.42 Å². The second-order valence-corrected chi connectivity index (χ2v) is 4.70. The van der Waals surface area contributed by atoms with Gasteiger partial charge in [-0.1, -0.05) is 26.2 Å². The lowest BCUT2D eigenvalue weighted by molar-refractivity contribution is -0.224. The van der Waals surface area contributed by atoms with Crippen LogP contribution in [0.5, 0.6) is 0 Å². The Hall–Kier alpha value is -0.710. The van der Waals surface area contributed by atoms with Crippen LogP contribution in [0, 0.1) is 5.92 Å². The molecule has 0 saturated heterocycles. The molecule has 1 fully saturated rings. The van der Waals surface area contributed by atoms with Gasteiger partial charge >= 0.3 is 11.9 Å². The van der Waals surface area contributed by atoms with Gasteiger partial charge in [0.05, 0.1) is 6.61 Å². The van der Waals surface area contributed by atoms with Crippen molar-refractivity contribution in [3.8, 4) is 0 Å². The van der Waals surface area contributed by atoms with Gasteiger partial charge in [-0.05, 0) is 25.7 Å². The Morgan fingerprint density at radius 2 is 2.18 bits per heavy atom. The minimum absolute atomic E-state index is 0.0324. The van der Waals surface area contributed by atoms with E-state index >= 15 is 0 Å². The third-order valence-corrected chi connectivity index (χ3v) is 3.52. The molecule has 2 unspecified atom stereocenters. The molecular formula is C12H20F2O3. The topological polar surface area (TPSA) is 46.5 Å². The monoisotopic (exact) mass is 250 g/mol. The van der Waals surface area contributed by atoms with Crippen LogP contribution in [0.1, 0.15) is 46.0 Å². The van der Waals surface area contributed by atoms with Crippen molar-refractivity contribution in [2.75, 3.05) is 6.61 Å². The Morgan fingerprint density at radius 1 is 1.53 bits per heavy atom. The fourth-order valence-electron chi connectivity index (χ4n) is 2.41. The van der Waals surface area contributed by atoms with Gasteiger partial charge in [0, 0.05) is 0 Å². The number of alkyl halides is 2. The molecule has 5 heteroatoms. The average molecular weight is 250 g/mol. The molecule has 0 amide bonds. The van der Waals surface area contributed by atoms with E-state index in [-0.39, 0.29) is 25.4 Å². The minimum Gasteiger partial charge on any atom is -0.461 e. The van der Waals surface area contributed by atoms with Crippen molar-refractivity contribution in [1.82, 2.24) is 0 Å². The van der Waals surface area contributed by atoms with Gasteiger partial charge in [0.1, 0.15) is 5.60 Å². The van der Waals surface area contributed by atoms with Crippen molar-refractivity contribution in [1.29, 1.82) is 0 Å². The fourth-order valence-corrected chi connectivity index (χ4v) is 2.41. The number of hydrogen-bond donors (Lipinski definition) is 1. The molecule has 2 atom stereocenters. The summed E-state index contributed by atoms with van der Waals surface area (Å²) in [6.07, 6.45) is 2.01. The number of hydrogen-bond acceptors (Lipinski definition) is 3. The average Bonchev–Trinajstić information content (AvgIpc) is 2.29. The number of carbonyl (C=O) groups is 1. The van der Waals surface area contributed by atoms with Crippen LogP contribution in [0.3, 0.4) is 0 Å². The zero-order chi connectivity index (χ0) is 13.1. The molecule has 0 aliphatic heterocycles. The third kappa shape index (κ3) is 2.76. The summed E-state index contributed by atoms with van der Waals surface area (Å²) in [5, 5.41) is 10.0. The third-order valence-electron chi connectivity index (χ3n) is 3.52. The van der Waals surface area contributed by atoms with Crippen LogP contribution in [0.2, 0.25) is 0 Å². The quantitative estimate of drug-likeness (QED) is 0.780. The van der Waals surface area contributed by atoms with Gasteiger partial charge in [-0.2, -0.15) is 8.78 Å². The van der Waals surface area contributed by atoms with E-state index in [2.05, 4.69) is 4.74 Å². The second-order valence-electron chi connectivity index (χ2n) is 4.70. The van der Waals surface area contributed by atoms with Gasteiger partial charge in [0.25, 0.3) is 0 Å². The number of ether oxygens (including phenoxy) is 1. The molecule has 1 aliphatic carbocycles. The predicted molar refractivity (Wildman–Crippen MR) is 58.8 cm³/mol. The molecule has 0 spiro atoms. The first-order valence-electron chi connectivity index (χ1n) is 6.14. The first-order valence-corrected chi connectivity index (χ1v) is 6.14. The Bertz CT molecular complexity index is 281. The van der Waals surface area contributed by atoms with Crippen LogP contribution < -0.4 is 0 Å². The van der Waals surface area contributed by atoms with E-state index < -0.39 is 17.5 Å². The SMILES string of the molecule is CCOC(=O)C(F)(F)C1(O)CCCC(CC)C1. The highest BCUT2D eigenvalue weighted by molar-refractivity contribution is 5.79. The van der Waals surface area contributed by atoms with Gasteiger partial charge in [0.2, 0.25) is 0 Å². The summed E-state index contributed by atoms with van der Waals surface area (Å²) in [7, 11) is 0. The molecule has 0 aromatic rings. The van der Waals surface area contributed by atoms with E-state index in [1.807, 2.05) is 6.92 Å². The lowest BCUT2D eigenvalue weighted by atomic mass is 9.73. The molecule has 0 radical (unpaired) electrons. The second kappa shape index (κ2) is 5.29. The molecule has 17 heavy (non-hydrogen) atoms. The lowest BCUT2D eigenvalue weighted by Gasteiger charge is -2.40. The Kier molecular flexibility index (Phi) is 4.47. The number of aliphatic hydroxyl groups is 1. The van der Waals surface area contributed by atoms with Crippen molar-refractivity contribution < 1.29 is 23.4 Å². The summed E-state index contributed by atoms with van der Waals surface area (Å²) >= 11 is 0. The molecule has 1 saturated carbocycles. The summed E-state index contributed by atoms with van der Waals surface area (Å²) in [4.78, 5) is 11.2. The van der Waals surface area contributed by atoms with E-state index in [9.17, 15) is 18.7 Å². The number of rotatable bonds is 4. The maximum atomic E-state index is 13.9. The minimum atomic E-state index is -3.81. The highest BCUT2D eigenvalue weighted by atomic mass is 19.3. The molecule has 1 aliphatic rings. The number of carbonyl (C=O) groups excluding carboxylic acids is 1. The van der Waals surface area contributed by atoms with Crippen LogP contribution in [0.4, 0.5) is 8.78 Å². The normalized spacial score (nSPS) is 30.1. The Balaban J connectivity index is 2.83. The van der Waals surface area contributed by atoms with Crippen LogP contribution in [-0.2, 0) is 9.53 Å².